The third kappa shape index (κ3) is 7.80. The number of allylic oxidation sites excluding steroid dienone is 1. The van der Waals surface area contributed by atoms with Crippen LogP contribution in [0.1, 0.15) is 20.8 Å². The summed E-state index contributed by atoms with van der Waals surface area (Å²) in [7, 11) is 0. The van der Waals surface area contributed by atoms with Crippen LogP contribution in [0.4, 0.5) is 0 Å². The lowest BCUT2D eigenvalue weighted by molar-refractivity contribution is 1.25. The summed E-state index contributed by atoms with van der Waals surface area (Å²) in [5.41, 5.74) is 3.84. The average molecular weight is 210 g/mol. The molecule has 0 N–H and O–H groups in total. The zero-order valence-electron chi connectivity index (χ0n) is 9.16. The maximum atomic E-state index is 4.20. The van der Waals surface area contributed by atoms with E-state index in [-0.39, 0.29) is 0 Å². The Bertz CT molecular complexity index is 252. The Morgan fingerprint density at radius 2 is 2.14 bits per heavy atom. The summed E-state index contributed by atoms with van der Waals surface area (Å²) in [6.45, 7) is 10.5. The Balaban J connectivity index is 3.74. The van der Waals surface area contributed by atoms with Gasteiger partial charge in [0.2, 0.25) is 0 Å². The van der Waals surface area contributed by atoms with Crippen molar-refractivity contribution in [1.82, 2.24) is 0 Å². The van der Waals surface area contributed by atoms with Gasteiger partial charge in [0.25, 0.3) is 0 Å². The molecule has 0 aliphatic carbocycles. The molecule has 2 nitrogen and oxygen atoms in total. The highest BCUT2D eigenvalue weighted by Crippen LogP contribution is 1.93. The van der Waals surface area contributed by atoms with Gasteiger partial charge in [-0.2, -0.15) is 0 Å². The molecular weight excluding hydrogens is 192 g/mol. The fraction of sp³-hybridized carbons (Fsp3) is 0.455. The van der Waals surface area contributed by atoms with E-state index in [0.29, 0.717) is 6.54 Å². The summed E-state index contributed by atoms with van der Waals surface area (Å²) in [6, 6.07) is 0. The molecule has 0 atom stereocenters. The molecule has 0 aromatic rings. The predicted molar refractivity (Wildman–Crippen MR) is 68.6 cm³/mol. The summed E-state index contributed by atoms with van der Waals surface area (Å²) in [6.07, 6.45) is 3.71. The normalized spacial score (nSPS) is 12.9. The molecule has 0 aromatic carbocycles. The molecule has 78 valence electrons. The van der Waals surface area contributed by atoms with Crippen molar-refractivity contribution in [3.63, 3.8) is 0 Å². The molecule has 0 spiro atoms. The average Bonchev–Trinajstić information content (AvgIpc) is 2.16. The van der Waals surface area contributed by atoms with Crippen LogP contribution in [0.2, 0.25) is 0 Å². The highest BCUT2D eigenvalue weighted by molar-refractivity contribution is 8.12. The maximum absolute atomic E-state index is 4.20. The second-order valence-corrected chi connectivity index (χ2v) is 3.93. The van der Waals surface area contributed by atoms with Crippen molar-refractivity contribution in [3.05, 3.63) is 24.4 Å². The first-order valence-corrected chi connectivity index (χ1v) is 5.68. The summed E-state index contributed by atoms with van der Waals surface area (Å²) in [4.78, 5) is 8.36. The third-order valence-corrected chi connectivity index (χ3v) is 2.15. The van der Waals surface area contributed by atoms with Crippen LogP contribution in [0.25, 0.3) is 0 Å². The maximum Gasteiger partial charge on any atom is 0.0594 e. The summed E-state index contributed by atoms with van der Waals surface area (Å²) in [5.74, 6) is 1.07. The molecule has 0 heterocycles. The number of nitrogens with zero attached hydrogens (tertiary/aromatic N) is 2. The van der Waals surface area contributed by atoms with Crippen molar-refractivity contribution >= 4 is 23.0 Å². The van der Waals surface area contributed by atoms with Crippen molar-refractivity contribution in [1.29, 1.82) is 0 Å². The molecule has 0 aromatic heterocycles. The Hall–Kier alpha value is -0.830. The van der Waals surface area contributed by atoms with Crippen LogP contribution in [-0.4, -0.2) is 23.6 Å². The summed E-state index contributed by atoms with van der Waals surface area (Å²) < 4.78 is 0. The van der Waals surface area contributed by atoms with Crippen molar-refractivity contribution in [2.75, 3.05) is 12.3 Å². The van der Waals surface area contributed by atoms with Crippen molar-refractivity contribution in [2.45, 2.75) is 20.8 Å². The molecule has 0 bridgehead atoms. The minimum absolute atomic E-state index is 0.694. The van der Waals surface area contributed by atoms with Crippen molar-refractivity contribution in [3.8, 4) is 0 Å². The van der Waals surface area contributed by atoms with Gasteiger partial charge < -0.3 is 0 Å². The van der Waals surface area contributed by atoms with Gasteiger partial charge in [-0.15, -0.1) is 11.8 Å². The van der Waals surface area contributed by atoms with Crippen LogP contribution in [-0.2, 0) is 0 Å². The van der Waals surface area contributed by atoms with Gasteiger partial charge in [0.05, 0.1) is 12.1 Å². The molecule has 14 heavy (non-hydrogen) atoms. The highest BCUT2D eigenvalue weighted by atomic mass is 32.2. The standard InChI is InChI=1S/C11H18N2S/c1-5-14-9-12-7-6-8-13-11(4)10(2)3/h6,8-9H,2,5,7H2,1,3-4H3/b8-6-,12-9-,13-11-. The molecular formula is C11H18N2S. The molecule has 0 aliphatic rings. The summed E-state index contributed by atoms with van der Waals surface area (Å²) >= 11 is 1.70. The molecule has 0 rings (SSSR count). The van der Waals surface area contributed by atoms with E-state index in [1.165, 1.54) is 0 Å². The van der Waals surface area contributed by atoms with Gasteiger partial charge in [-0.1, -0.05) is 13.5 Å². The predicted octanol–water partition coefficient (Wildman–Crippen LogP) is 3.32. The number of rotatable bonds is 6. The second-order valence-electron chi connectivity index (χ2n) is 2.81. The van der Waals surface area contributed by atoms with E-state index < -0.39 is 0 Å². The monoisotopic (exact) mass is 210 g/mol. The van der Waals surface area contributed by atoms with E-state index in [1.54, 1.807) is 18.0 Å². The Morgan fingerprint density at radius 1 is 1.43 bits per heavy atom. The molecule has 0 fully saturated rings. The van der Waals surface area contributed by atoms with Crippen molar-refractivity contribution < 1.29 is 0 Å². The van der Waals surface area contributed by atoms with Crippen LogP contribution < -0.4 is 0 Å². The number of thioether (sulfide) groups is 1. The zero-order valence-corrected chi connectivity index (χ0v) is 9.97. The molecule has 0 aliphatic heterocycles. The van der Waals surface area contributed by atoms with Gasteiger partial charge in [-0.05, 0) is 31.2 Å². The highest BCUT2D eigenvalue weighted by Gasteiger charge is 1.85. The van der Waals surface area contributed by atoms with Crippen molar-refractivity contribution in [2.24, 2.45) is 9.98 Å². The zero-order chi connectivity index (χ0) is 10.8. The first kappa shape index (κ1) is 13.2. The molecule has 0 unspecified atom stereocenters. The number of hydrogen-bond donors (Lipinski definition) is 0. The molecule has 0 amide bonds. The lowest BCUT2D eigenvalue weighted by Gasteiger charge is -1.92. The van der Waals surface area contributed by atoms with Gasteiger partial charge in [0, 0.05) is 11.9 Å². The van der Waals surface area contributed by atoms with E-state index >= 15 is 0 Å². The van der Waals surface area contributed by atoms with Crippen LogP contribution in [0.3, 0.4) is 0 Å². The Morgan fingerprint density at radius 3 is 2.71 bits per heavy atom. The number of hydrogen-bond acceptors (Lipinski definition) is 3. The molecule has 3 heteroatoms. The minimum atomic E-state index is 0.694. The van der Waals surface area contributed by atoms with E-state index in [4.69, 9.17) is 0 Å². The lowest BCUT2D eigenvalue weighted by atomic mass is 10.2. The SMILES string of the molecule is C=C(C)/C(C)=N\C=C/C/N=C\SCC. The second kappa shape index (κ2) is 8.75. The van der Waals surface area contributed by atoms with Crippen LogP contribution in [0, 0.1) is 0 Å². The van der Waals surface area contributed by atoms with E-state index in [2.05, 4.69) is 23.5 Å². The topological polar surface area (TPSA) is 24.7 Å². The Labute approximate surface area is 90.9 Å². The van der Waals surface area contributed by atoms with E-state index in [0.717, 1.165) is 17.0 Å². The molecule has 0 saturated carbocycles. The fourth-order valence-corrected chi connectivity index (χ4v) is 0.894. The van der Waals surface area contributed by atoms with E-state index in [9.17, 15) is 0 Å². The quantitative estimate of drug-likeness (QED) is 0.487. The fourth-order valence-electron chi connectivity index (χ4n) is 0.553. The lowest BCUT2D eigenvalue weighted by Crippen LogP contribution is -1.88. The summed E-state index contributed by atoms with van der Waals surface area (Å²) in [5, 5.41) is 0. The van der Waals surface area contributed by atoms with Crippen LogP contribution in [0.15, 0.2) is 34.4 Å². The van der Waals surface area contributed by atoms with Crippen LogP contribution in [0.5, 0.6) is 0 Å². The van der Waals surface area contributed by atoms with Gasteiger partial charge in [-0.3, -0.25) is 9.98 Å². The first-order chi connectivity index (χ1) is 6.68. The van der Waals surface area contributed by atoms with Gasteiger partial charge in [0.15, 0.2) is 0 Å². The Kier molecular flexibility index (Phi) is 8.24. The number of aliphatic imine (C=N–C) groups is 2. The van der Waals surface area contributed by atoms with Gasteiger partial charge >= 0.3 is 0 Å². The third-order valence-electron chi connectivity index (χ3n) is 1.52. The van der Waals surface area contributed by atoms with Gasteiger partial charge in [-0.25, -0.2) is 0 Å². The minimum Gasteiger partial charge on any atom is -0.282 e. The first-order valence-electron chi connectivity index (χ1n) is 4.63. The molecule has 0 radical (unpaired) electrons. The van der Waals surface area contributed by atoms with Crippen LogP contribution >= 0.6 is 11.8 Å². The van der Waals surface area contributed by atoms with E-state index in [1.807, 2.05) is 25.5 Å². The largest absolute Gasteiger partial charge is 0.282 e. The molecule has 0 saturated heterocycles. The smallest absolute Gasteiger partial charge is 0.0594 e. The van der Waals surface area contributed by atoms with Gasteiger partial charge in [0.1, 0.15) is 0 Å².